The number of amides is 1. The highest BCUT2D eigenvalue weighted by Crippen LogP contribution is 2.33. The van der Waals surface area contributed by atoms with E-state index in [0.717, 1.165) is 44.9 Å². The molecule has 0 aromatic heterocycles. The first-order valence-electron chi connectivity index (χ1n) is 43.9. The number of nitrogens with one attached hydrogen (secondary N) is 1. The van der Waals surface area contributed by atoms with Gasteiger partial charge in [-0.05, 0) is 70.6 Å². The lowest BCUT2D eigenvalue weighted by molar-refractivity contribution is -0.379. The molecule has 0 aliphatic carbocycles. The quantitative estimate of drug-likeness (QED) is 0.0199. The summed E-state index contributed by atoms with van der Waals surface area (Å²) in [5, 5.41) is 121. The number of aliphatic hydroxyl groups excluding tert-OH is 11. The second kappa shape index (κ2) is 67.3. The zero-order valence-corrected chi connectivity index (χ0v) is 66.9. The molecule has 1 amide bonds. The molecule has 17 unspecified atom stereocenters. The summed E-state index contributed by atoms with van der Waals surface area (Å²) in [6.07, 6.45) is 60.0. The molecule has 0 aromatic rings. The Kier molecular flexibility index (Phi) is 62.2. The van der Waals surface area contributed by atoms with Gasteiger partial charge in [0.25, 0.3) is 0 Å². The summed E-state index contributed by atoms with van der Waals surface area (Å²) < 4.78 is 34.4. The van der Waals surface area contributed by atoms with E-state index in [1.54, 1.807) is 6.08 Å². The Balaban J connectivity index is 1.29. The highest BCUT2D eigenvalue weighted by Gasteiger charge is 2.54. The Morgan fingerprint density at radius 2 is 0.604 bits per heavy atom. The summed E-state index contributed by atoms with van der Waals surface area (Å²) in [6.45, 7) is 1.75. The smallest absolute Gasteiger partial charge is 0.220 e. The lowest BCUT2D eigenvalue weighted by atomic mass is 9.96. The van der Waals surface area contributed by atoms with Gasteiger partial charge in [0, 0.05) is 6.42 Å². The molecule has 3 saturated heterocycles. The summed E-state index contributed by atoms with van der Waals surface area (Å²) in [6, 6.07) is -0.997. The maximum Gasteiger partial charge on any atom is 0.220 e. The van der Waals surface area contributed by atoms with E-state index < -0.39 is 124 Å². The van der Waals surface area contributed by atoms with Crippen LogP contribution in [0.25, 0.3) is 0 Å². The van der Waals surface area contributed by atoms with Gasteiger partial charge >= 0.3 is 0 Å². The maximum absolute atomic E-state index is 13.5. The third kappa shape index (κ3) is 46.1. The molecular weight excluding hydrogens is 1350 g/mol. The SMILES string of the molecule is CCCCCCCCCC/C=C\CCCCCCCCCCCCCCCCCCCCCCCCCCCCCCCC(=O)NC(COC1OC(CO)C(OC2OC(CO)C(OC3OC(CO)C(O)C(O)C3O)C(O)C2O)C(O)C1O)C(O)/C=C/CC/C=C/CC/C=C/CCCCCCCCCCCC. The van der Waals surface area contributed by atoms with Crippen molar-refractivity contribution < 1.29 is 89.4 Å². The van der Waals surface area contributed by atoms with Gasteiger partial charge in [0.2, 0.25) is 5.91 Å². The summed E-state index contributed by atoms with van der Waals surface area (Å²) in [5.41, 5.74) is 0. The van der Waals surface area contributed by atoms with E-state index >= 15 is 0 Å². The van der Waals surface area contributed by atoms with Gasteiger partial charge in [0.05, 0.1) is 38.6 Å². The molecule has 0 saturated carbocycles. The minimum atomic E-state index is -1.98. The van der Waals surface area contributed by atoms with Crippen molar-refractivity contribution >= 4 is 5.91 Å². The normalized spacial score (nSPS) is 25.8. The van der Waals surface area contributed by atoms with Crippen LogP contribution in [0.15, 0.2) is 48.6 Å². The Hall–Kier alpha value is -2.25. The summed E-state index contributed by atoms with van der Waals surface area (Å²) in [4.78, 5) is 13.5. The predicted molar refractivity (Wildman–Crippen MR) is 425 cm³/mol. The fourth-order valence-corrected chi connectivity index (χ4v) is 14.8. The molecule has 622 valence electrons. The van der Waals surface area contributed by atoms with Crippen LogP contribution in [0.2, 0.25) is 0 Å². The van der Waals surface area contributed by atoms with Gasteiger partial charge < -0.3 is 89.9 Å². The van der Waals surface area contributed by atoms with Crippen molar-refractivity contribution in [1.82, 2.24) is 5.32 Å². The van der Waals surface area contributed by atoms with Crippen molar-refractivity contribution in [2.24, 2.45) is 0 Å². The molecule has 19 heteroatoms. The van der Waals surface area contributed by atoms with E-state index in [0.29, 0.717) is 12.8 Å². The van der Waals surface area contributed by atoms with Gasteiger partial charge in [-0.2, -0.15) is 0 Å². The zero-order chi connectivity index (χ0) is 76.7. The second-order valence-electron chi connectivity index (χ2n) is 31.3. The first-order chi connectivity index (χ1) is 51.8. The fraction of sp³-hybridized carbons (Fsp3) is 0.897. The number of carbonyl (C=O) groups is 1. The molecule has 0 bridgehead atoms. The van der Waals surface area contributed by atoms with E-state index in [2.05, 4.69) is 55.6 Å². The van der Waals surface area contributed by atoms with Crippen molar-refractivity contribution in [1.29, 1.82) is 0 Å². The van der Waals surface area contributed by atoms with Crippen LogP contribution in [-0.4, -0.2) is 193 Å². The van der Waals surface area contributed by atoms with Gasteiger partial charge in [-0.3, -0.25) is 4.79 Å². The lowest BCUT2D eigenvalue weighted by Crippen LogP contribution is -2.66. The van der Waals surface area contributed by atoms with Gasteiger partial charge in [0.15, 0.2) is 18.9 Å². The second-order valence-corrected chi connectivity index (χ2v) is 31.3. The number of unbranched alkanes of at least 4 members (excludes halogenated alkanes) is 49. The van der Waals surface area contributed by atoms with Crippen LogP contribution in [0.1, 0.15) is 367 Å². The molecule has 12 N–H and O–H groups in total. The van der Waals surface area contributed by atoms with Crippen LogP contribution in [0.5, 0.6) is 0 Å². The van der Waals surface area contributed by atoms with E-state index in [1.807, 2.05) is 6.08 Å². The van der Waals surface area contributed by atoms with Gasteiger partial charge in [0.1, 0.15) is 73.2 Å². The number of hydrogen-bond donors (Lipinski definition) is 12. The van der Waals surface area contributed by atoms with Crippen LogP contribution in [0.3, 0.4) is 0 Å². The Bertz CT molecular complexity index is 2100. The molecule has 19 nitrogen and oxygen atoms in total. The molecular formula is C87H161NO18. The van der Waals surface area contributed by atoms with Gasteiger partial charge in [-0.1, -0.05) is 339 Å². The monoisotopic (exact) mass is 1510 g/mol. The molecule has 3 heterocycles. The highest BCUT2D eigenvalue weighted by molar-refractivity contribution is 5.76. The maximum atomic E-state index is 13.5. The molecule has 0 spiro atoms. The fourth-order valence-electron chi connectivity index (χ4n) is 14.8. The summed E-state index contributed by atoms with van der Waals surface area (Å²) in [7, 11) is 0. The van der Waals surface area contributed by atoms with Crippen molar-refractivity contribution in [2.75, 3.05) is 26.4 Å². The van der Waals surface area contributed by atoms with E-state index in [9.17, 15) is 61.0 Å². The number of hydrogen-bond acceptors (Lipinski definition) is 18. The van der Waals surface area contributed by atoms with Crippen molar-refractivity contribution in [3.63, 3.8) is 0 Å². The largest absolute Gasteiger partial charge is 0.394 e. The molecule has 106 heavy (non-hydrogen) atoms. The van der Waals surface area contributed by atoms with Crippen LogP contribution in [-0.2, 0) is 33.2 Å². The highest BCUT2D eigenvalue weighted by atomic mass is 16.8. The van der Waals surface area contributed by atoms with Crippen LogP contribution >= 0.6 is 0 Å². The molecule has 0 aromatic carbocycles. The van der Waals surface area contributed by atoms with Gasteiger partial charge in [-0.15, -0.1) is 0 Å². The van der Waals surface area contributed by atoms with E-state index in [4.69, 9.17) is 28.4 Å². The number of carbonyl (C=O) groups excluding carboxylic acids is 1. The van der Waals surface area contributed by atoms with Crippen LogP contribution in [0.4, 0.5) is 0 Å². The van der Waals surface area contributed by atoms with Crippen molar-refractivity contribution in [2.45, 2.75) is 471 Å². The molecule has 3 fully saturated rings. The van der Waals surface area contributed by atoms with E-state index in [1.165, 1.54) is 289 Å². The van der Waals surface area contributed by atoms with Gasteiger partial charge in [-0.25, -0.2) is 0 Å². The average Bonchev–Trinajstić information content (AvgIpc) is 0.780. The Morgan fingerprint density at radius 1 is 0.330 bits per heavy atom. The summed E-state index contributed by atoms with van der Waals surface area (Å²) >= 11 is 0. The van der Waals surface area contributed by atoms with E-state index in [-0.39, 0.29) is 18.9 Å². The third-order valence-electron chi connectivity index (χ3n) is 21.8. The zero-order valence-electron chi connectivity index (χ0n) is 66.9. The Morgan fingerprint density at radius 3 is 0.943 bits per heavy atom. The third-order valence-corrected chi connectivity index (χ3v) is 21.8. The van der Waals surface area contributed by atoms with Crippen molar-refractivity contribution in [3.05, 3.63) is 48.6 Å². The first kappa shape index (κ1) is 97.9. The number of aliphatic hydroxyl groups is 11. The average molecular weight is 1510 g/mol. The number of ether oxygens (including phenoxy) is 6. The van der Waals surface area contributed by atoms with Crippen LogP contribution < -0.4 is 5.32 Å². The first-order valence-corrected chi connectivity index (χ1v) is 43.9. The topological polar surface area (TPSA) is 307 Å². The minimum absolute atomic E-state index is 0.236. The molecule has 0 radical (unpaired) electrons. The molecule has 3 rings (SSSR count). The number of allylic oxidation sites excluding steroid dienone is 7. The molecule has 3 aliphatic rings. The standard InChI is InChI=1S/C87H161NO18/c1-3-5-7-9-11-13-15-17-19-21-23-25-26-27-28-29-30-31-32-33-34-35-36-37-38-39-40-41-42-43-44-45-47-49-51-53-55-57-59-61-63-65-75(93)88-70(71(92)64-62-60-58-56-54-52-50-48-46-24-22-20-18-16-14-12-10-8-6-4-2)69-101-85-81(99)78(96)83(73(67-90)103-85)106-87-82(100)79(97)84(74(68-91)104-87)105-86-80(98)77(95)76(94)72(66-89)102-86/h21,23,46,48,54,56,62,64,70-74,76-87,89-92,94-100H,3-20,22,24-45,47,49-53,55,57-61,63,65-69H2,1-2H3,(H,88,93)/b23-21-,48-46+,56-54+,64-62+. The van der Waals surface area contributed by atoms with Crippen molar-refractivity contribution in [3.8, 4) is 0 Å². The predicted octanol–water partition coefficient (Wildman–Crippen LogP) is 16.0. The number of rotatable bonds is 71. The van der Waals surface area contributed by atoms with Crippen LogP contribution in [0, 0.1) is 0 Å². The lowest BCUT2D eigenvalue weighted by Gasteiger charge is -2.48. The summed E-state index contributed by atoms with van der Waals surface area (Å²) in [5.74, 6) is -0.283. The molecule has 3 aliphatic heterocycles. The Labute approximate surface area is 643 Å². The molecule has 17 atom stereocenters. The minimum Gasteiger partial charge on any atom is -0.394 e.